The van der Waals surface area contributed by atoms with Crippen molar-refractivity contribution < 1.29 is 25.1 Å². The average Bonchev–Trinajstić information content (AvgIpc) is 2.52. The van der Waals surface area contributed by atoms with Crippen molar-refractivity contribution in [2.24, 2.45) is 0 Å². The molecule has 1 unspecified atom stereocenters. The van der Waals surface area contributed by atoms with Gasteiger partial charge in [-0.15, -0.1) is 0 Å². The molecule has 2 aromatic rings. The van der Waals surface area contributed by atoms with Crippen molar-refractivity contribution in [2.45, 2.75) is 19.9 Å². The van der Waals surface area contributed by atoms with Gasteiger partial charge in [-0.05, 0) is 81.1 Å². The summed E-state index contributed by atoms with van der Waals surface area (Å²) in [6, 6.07) is 10.4. The maximum Gasteiger partial charge on any atom is 0.364 e. The van der Waals surface area contributed by atoms with Gasteiger partial charge in [0.15, 0.2) is 6.04 Å². The van der Waals surface area contributed by atoms with Gasteiger partial charge in [-0.3, -0.25) is 0 Å². The van der Waals surface area contributed by atoms with Crippen molar-refractivity contribution in [1.29, 1.82) is 0 Å². The number of rotatable bonds is 5. The Morgan fingerprint density at radius 3 is 2.50 bits per heavy atom. The number of aromatic hydroxyl groups is 1. The first-order valence-corrected chi connectivity index (χ1v) is 8.92. The van der Waals surface area contributed by atoms with Crippen LogP contribution in [0.4, 0.5) is 0 Å². The highest BCUT2D eigenvalue weighted by molar-refractivity contribution is 14.1. The predicted molar refractivity (Wildman–Crippen MR) is 109 cm³/mol. The summed E-state index contributed by atoms with van der Waals surface area (Å²) in [5, 5.41) is 9.54. The molecule has 0 saturated carbocycles. The van der Waals surface area contributed by atoms with Crippen LogP contribution in [0.15, 0.2) is 36.4 Å². The quantitative estimate of drug-likeness (QED) is 0.438. The molecular weight excluding hydrogens is 536 g/mol. The summed E-state index contributed by atoms with van der Waals surface area (Å²) < 4.78 is 12.2. The molecule has 0 aliphatic carbocycles. The van der Waals surface area contributed by atoms with E-state index in [-0.39, 0.29) is 19.1 Å². The lowest BCUT2D eigenvalue weighted by Crippen LogP contribution is -2.66. The number of halogens is 2. The Morgan fingerprint density at radius 1 is 1.21 bits per heavy atom. The van der Waals surface area contributed by atoms with E-state index in [0.29, 0.717) is 12.2 Å². The third kappa shape index (κ3) is 5.49. The zero-order valence-corrected chi connectivity index (χ0v) is 16.7. The van der Waals surface area contributed by atoms with Crippen molar-refractivity contribution in [3.63, 3.8) is 0 Å². The molecule has 0 aromatic heterocycles. The zero-order chi connectivity index (χ0) is 17.0. The Hall–Kier alpha value is -1.07. The number of hydrogen-bond donors (Lipinski definition) is 2. The molecule has 4 N–H and O–H groups in total. The van der Waals surface area contributed by atoms with Crippen molar-refractivity contribution >= 4 is 51.2 Å². The number of carbonyl (C=O) groups is 1. The molecule has 2 rings (SSSR count). The minimum absolute atomic E-state index is 0. The van der Waals surface area contributed by atoms with Gasteiger partial charge in [-0.25, -0.2) is 4.79 Å². The highest BCUT2D eigenvalue weighted by Crippen LogP contribution is 2.31. The predicted octanol–water partition coefficient (Wildman–Crippen LogP) is 3.36. The highest BCUT2D eigenvalue weighted by atomic mass is 127. The number of ether oxygens (including phenoxy) is 2. The summed E-state index contributed by atoms with van der Waals surface area (Å²) in [5.74, 6) is 1.28. The van der Waals surface area contributed by atoms with Gasteiger partial charge >= 0.3 is 5.97 Å². The molecule has 7 heteroatoms. The van der Waals surface area contributed by atoms with Crippen LogP contribution in [0.1, 0.15) is 13.0 Å². The Kier molecular flexibility index (Phi) is 8.23. The fourth-order valence-corrected chi connectivity index (χ4v) is 3.14. The molecule has 0 radical (unpaired) electrons. The van der Waals surface area contributed by atoms with Crippen LogP contribution in [0.5, 0.6) is 17.2 Å². The topological polar surface area (TPSA) is 83.4 Å². The fraction of sp³-hybridized carbons (Fsp3) is 0.235. The molecule has 0 amide bonds. The molecule has 0 bridgehead atoms. The maximum absolute atomic E-state index is 11.4. The first-order valence-electron chi connectivity index (χ1n) is 6.76. The molecule has 5 nitrogen and oxygen atoms in total. The molecule has 0 fully saturated rings. The van der Waals surface area contributed by atoms with Gasteiger partial charge in [-0.2, -0.15) is 0 Å². The highest BCUT2D eigenvalue weighted by Gasteiger charge is 2.18. The Labute approximate surface area is 168 Å². The first-order chi connectivity index (χ1) is 10.9. The number of quaternary nitrogens is 1. The molecule has 2 aromatic carbocycles. The van der Waals surface area contributed by atoms with E-state index in [9.17, 15) is 9.90 Å². The summed E-state index contributed by atoms with van der Waals surface area (Å²) in [5.41, 5.74) is 4.80. The van der Waals surface area contributed by atoms with Gasteiger partial charge in [0.25, 0.3) is 0 Å². The molecule has 0 aliphatic rings. The lowest BCUT2D eigenvalue weighted by atomic mass is 10.1. The standard InChI is InChI=1S/C16H15I2NO4.CH4/c1-22-16(21)13(19)7-9-2-5-15(12(18)6-9)23-10-3-4-14(20)11(17)8-10;/h2-6,8,13,20H,7,19H2,1H3;1H4/p+1. The molecule has 0 heterocycles. The van der Waals surface area contributed by atoms with Crippen molar-refractivity contribution in [2.75, 3.05) is 7.11 Å². The summed E-state index contributed by atoms with van der Waals surface area (Å²) in [6.07, 6.45) is 0.514. The Bertz CT molecular complexity index is 722. The van der Waals surface area contributed by atoms with Crippen molar-refractivity contribution in [1.82, 2.24) is 0 Å². The number of phenols is 1. The van der Waals surface area contributed by atoms with Crippen LogP contribution in [-0.4, -0.2) is 24.2 Å². The summed E-state index contributed by atoms with van der Waals surface area (Å²) in [6.45, 7) is 0. The minimum Gasteiger partial charge on any atom is -0.507 e. The monoisotopic (exact) mass is 556 g/mol. The lowest BCUT2D eigenvalue weighted by Gasteiger charge is -2.11. The molecular formula is C17H20I2NO4+. The van der Waals surface area contributed by atoms with Crippen LogP contribution < -0.4 is 10.5 Å². The number of phenolic OH excluding ortho intramolecular Hbond substituents is 1. The number of benzene rings is 2. The SMILES string of the molecule is C.COC(=O)C([NH3+])Cc1ccc(Oc2ccc(O)c(I)c2)c(I)c1. The van der Waals surface area contributed by atoms with E-state index in [1.807, 2.05) is 40.8 Å². The van der Waals surface area contributed by atoms with Crippen LogP contribution in [-0.2, 0) is 16.0 Å². The van der Waals surface area contributed by atoms with E-state index in [0.717, 1.165) is 18.5 Å². The normalized spacial score (nSPS) is 11.3. The third-order valence-corrected chi connectivity index (χ3v) is 4.87. The van der Waals surface area contributed by atoms with E-state index >= 15 is 0 Å². The van der Waals surface area contributed by atoms with Crippen LogP contribution in [0.3, 0.4) is 0 Å². The molecule has 24 heavy (non-hydrogen) atoms. The summed E-state index contributed by atoms with van der Waals surface area (Å²) >= 11 is 4.24. The first kappa shape index (κ1) is 21.0. The van der Waals surface area contributed by atoms with E-state index in [4.69, 9.17) is 4.74 Å². The van der Waals surface area contributed by atoms with Gasteiger partial charge in [-0.1, -0.05) is 13.5 Å². The van der Waals surface area contributed by atoms with Gasteiger partial charge < -0.3 is 20.3 Å². The van der Waals surface area contributed by atoms with Gasteiger partial charge in [0.1, 0.15) is 17.2 Å². The molecule has 0 spiro atoms. The summed E-state index contributed by atoms with van der Waals surface area (Å²) in [4.78, 5) is 11.4. The smallest absolute Gasteiger partial charge is 0.364 e. The van der Waals surface area contributed by atoms with Gasteiger partial charge in [0.2, 0.25) is 0 Å². The van der Waals surface area contributed by atoms with Crippen molar-refractivity contribution in [3.8, 4) is 17.2 Å². The maximum atomic E-state index is 11.4. The van der Waals surface area contributed by atoms with Crippen LogP contribution >= 0.6 is 45.2 Å². The molecule has 130 valence electrons. The fourth-order valence-electron chi connectivity index (χ4n) is 1.97. The number of methoxy groups -OCH3 is 1. The molecule has 0 saturated heterocycles. The van der Waals surface area contributed by atoms with E-state index < -0.39 is 6.04 Å². The Balaban J connectivity index is 0.00000288. The lowest BCUT2D eigenvalue weighted by molar-refractivity contribution is -0.407. The Morgan fingerprint density at radius 2 is 1.92 bits per heavy atom. The zero-order valence-electron chi connectivity index (χ0n) is 12.4. The number of esters is 1. The minimum atomic E-state index is -0.429. The largest absolute Gasteiger partial charge is 0.507 e. The third-order valence-electron chi connectivity index (χ3n) is 3.16. The second-order valence-corrected chi connectivity index (χ2v) is 7.23. The number of hydrogen-bond acceptors (Lipinski definition) is 4. The van der Waals surface area contributed by atoms with Gasteiger partial charge in [0, 0.05) is 6.42 Å². The van der Waals surface area contributed by atoms with Crippen LogP contribution in [0.2, 0.25) is 0 Å². The van der Waals surface area contributed by atoms with Crippen LogP contribution in [0.25, 0.3) is 0 Å². The summed E-state index contributed by atoms with van der Waals surface area (Å²) in [7, 11) is 1.36. The average molecular weight is 556 g/mol. The second kappa shape index (κ2) is 9.42. The van der Waals surface area contributed by atoms with Crippen LogP contribution in [0, 0.1) is 7.14 Å². The van der Waals surface area contributed by atoms with E-state index in [1.165, 1.54) is 7.11 Å². The van der Waals surface area contributed by atoms with E-state index in [1.54, 1.807) is 18.2 Å². The van der Waals surface area contributed by atoms with Crippen molar-refractivity contribution in [3.05, 3.63) is 49.1 Å². The molecule has 0 aliphatic heterocycles. The van der Waals surface area contributed by atoms with E-state index in [2.05, 4.69) is 33.1 Å². The second-order valence-electron chi connectivity index (χ2n) is 4.90. The number of carbonyl (C=O) groups excluding carboxylic acids is 1. The molecule has 1 atom stereocenters. The van der Waals surface area contributed by atoms with Gasteiger partial charge in [0.05, 0.1) is 14.3 Å².